The molecule has 3 unspecified atom stereocenters. The third-order valence-corrected chi connectivity index (χ3v) is 8.44. The number of aliphatic hydroxyl groups is 2. The normalized spacial score (nSPS) is 16.8. The number of hydrogen-bond acceptors (Lipinski definition) is 8. The molecule has 0 bridgehead atoms. The number of hydrogen-bond donors (Lipinski definition) is 3. The molecule has 232 valence electrons. The van der Waals surface area contributed by atoms with Crippen LogP contribution < -0.4 is 5.32 Å². The summed E-state index contributed by atoms with van der Waals surface area (Å²) in [5, 5.41) is 22.3. The van der Waals surface area contributed by atoms with Crippen LogP contribution in [0.1, 0.15) is 79.6 Å². The van der Waals surface area contributed by atoms with Crippen LogP contribution >= 0.6 is 11.8 Å². The van der Waals surface area contributed by atoms with Gasteiger partial charge in [0.05, 0.1) is 26.4 Å². The summed E-state index contributed by atoms with van der Waals surface area (Å²) in [6, 6.07) is 12.4. The maximum Gasteiger partial charge on any atom is 0.328 e. The number of nitrogens with one attached hydrogen (secondary N) is 1. The van der Waals surface area contributed by atoms with Crippen molar-refractivity contribution in [3.8, 4) is 11.1 Å². The zero-order valence-corrected chi connectivity index (χ0v) is 26.2. The third-order valence-electron chi connectivity index (χ3n) is 7.79. The first-order valence-electron chi connectivity index (χ1n) is 14.9. The van der Waals surface area contributed by atoms with Gasteiger partial charge in [-0.15, -0.1) is 0 Å². The molecule has 1 saturated carbocycles. The Morgan fingerprint density at radius 1 is 1.10 bits per heavy atom. The van der Waals surface area contributed by atoms with E-state index in [-0.39, 0.29) is 18.6 Å². The Kier molecular flexibility index (Phi) is 14.3. The molecule has 42 heavy (non-hydrogen) atoms. The fourth-order valence-corrected chi connectivity index (χ4v) is 5.96. The molecule has 8 nitrogen and oxygen atoms in total. The summed E-state index contributed by atoms with van der Waals surface area (Å²) in [4.78, 5) is 26.0. The van der Waals surface area contributed by atoms with Gasteiger partial charge in [0.25, 0.3) is 5.91 Å². The van der Waals surface area contributed by atoms with E-state index in [0.29, 0.717) is 34.8 Å². The first-order chi connectivity index (χ1) is 20.3. The Bertz CT molecular complexity index is 1140. The van der Waals surface area contributed by atoms with Gasteiger partial charge < -0.3 is 29.7 Å². The van der Waals surface area contributed by atoms with Crippen molar-refractivity contribution in [3.63, 3.8) is 0 Å². The Balaban J connectivity index is 1.96. The summed E-state index contributed by atoms with van der Waals surface area (Å²) in [6.07, 6.45) is 7.56. The molecule has 0 heterocycles. The van der Waals surface area contributed by atoms with E-state index in [0.717, 1.165) is 17.5 Å². The second-order valence-corrected chi connectivity index (χ2v) is 12.1. The van der Waals surface area contributed by atoms with Gasteiger partial charge in [-0.1, -0.05) is 62.4 Å². The van der Waals surface area contributed by atoms with Crippen LogP contribution in [0.25, 0.3) is 11.1 Å². The summed E-state index contributed by atoms with van der Waals surface area (Å²) >= 11 is 1.59. The zero-order chi connectivity index (χ0) is 30.5. The van der Waals surface area contributed by atoms with Gasteiger partial charge in [0.15, 0.2) is 6.29 Å². The van der Waals surface area contributed by atoms with Crippen LogP contribution in [0.3, 0.4) is 0 Å². The van der Waals surface area contributed by atoms with Crippen molar-refractivity contribution in [1.82, 2.24) is 5.32 Å². The van der Waals surface area contributed by atoms with Gasteiger partial charge in [-0.2, -0.15) is 11.8 Å². The zero-order valence-electron chi connectivity index (χ0n) is 25.3. The van der Waals surface area contributed by atoms with E-state index in [1.54, 1.807) is 23.9 Å². The molecule has 9 heteroatoms. The minimum atomic E-state index is -1.04. The fraction of sp³-hybridized carbons (Fsp3) is 0.576. The van der Waals surface area contributed by atoms with Gasteiger partial charge >= 0.3 is 5.97 Å². The molecule has 0 aliphatic heterocycles. The summed E-state index contributed by atoms with van der Waals surface area (Å²) in [7, 11) is 1.32. The van der Waals surface area contributed by atoms with Gasteiger partial charge in [-0.25, -0.2) is 4.79 Å². The molecule has 1 aliphatic rings. The lowest BCUT2D eigenvalue weighted by atomic mass is 9.85. The number of rotatable bonds is 16. The number of carbonyl (C=O) groups excluding carboxylic acids is 2. The molecular weight excluding hydrogens is 554 g/mol. The Hall–Kier alpha value is -2.43. The lowest BCUT2D eigenvalue weighted by Gasteiger charge is -2.29. The predicted octanol–water partition coefficient (Wildman–Crippen LogP) is 5.43. The van der Waals surface area contributed by atoms with Crippen molar-refractivity contribution in [3.05, 3.63) is 59.2 Å². The molecule has 1 aliphatic carbocycles. The number of aryl methyl sites for hydroxylation is 1. The Morgan fingerprint density at radius 3 is 2.50 bits per heavy atom. The summed E-state index contributed by atoms with van der Waals surface area (Å²) in [6.45, 7) is 3.50. The molecule has 2 aromatic carbocycles. The predicted molar refractivity (Wildman–Crippen MR) is 166 cm³/mol. The van der Waals surface area contributed by atoms with Crippen LogP contribution in [-0.2, 0) is 19.0 Å². The average molecular weight is 602 g/mol. The maximum absolute atomic E-state index is 13.6. The molecule has 0 spiro atoms. The van der Waals surface area contributed by atoms with E-state index in [4.69, 9.17) is 14.2 Å². The Morgan fingerprint density at radius 2 is 1.83 bits per heavy atom. The summed E-state index contributed by atoms with van der Waals surface area (Å²) in [5.74, 6) is 0.442. The number of benzene rings is 2. The molecule has 1 amide bonds. The van der Waals surface area contributed by atoms with Crippen molar-refractivity contribution in [1.29, 1.82) is 0 Å². The van der Waals surface area contributed by atoms with Crippen LogP contribution in [0.5, 0.6) is 0 Å². The number of methoxy groups -OCH3 is 1. The van der Waals surface area contributed by atoms with Crippen molar-refractivity contribution < 1.29 is 34.0 Å². The lowest BCUT2D eigenvalue weighted by molar-refractivity contribution is -0.189. The third kappa shape index (κ3) is 10.1. The second-order valence-electron chi connectivity index (χ2n) is 11.1. The van der Waals surface area contributed by atoms with Crippen LogP contribution in [0.15, 0.2) is 42.5 Å². The highest BCUT2D eigenvalue weighted by Gasteiger charge is 2.26. The number of carbonyl (C=O) groups is 2. The summed E-state index contributed by atoms with van der Waals surface area (Å²) < 4.78 is 17.4. The molecule has 2 aromatic rings. The van der Waals surface area contributed by atoms with E-state index in [9.17, 15) is 19.8 Å². The highest BCUT2D eigenvalue weighted by Crippen LogP contribution is 2.34. The van der Waals surface area contributed by atoms with E-state index in [1.165, 1.54) is 39.2 Å². The minimum absolute atomic E-state index is 0.0912. The number of ether oxygens (including phenoxy) is 3. The molecule has 3 N–H and O–H groups in total. The minimum Gasteiger partial charge on any atom is -0.467 e. The number of esters is 1. The topological polar surface area (TPSA) is 114 Å². The van der Waals surface area contributed by atoms with Gasteiger partial charge in [0.1, 0.15) is 12.1 Å². The molecule has 1 fully saturated rings. The average Bonchev–Trinajstić information content (AvgIpc) is 3.01. The smallest absolute Gasteiger partial charge is 0.328 e. The molecule has 4 atom stereocenters. The number of aliphatic hydroxyl groups excluding tert-OH is 2. The van der Waals surface area contributed by atoms with Gasteiger partial charge in [0, 0.05) is 11.1 Å². The molecular formula is C33H47NO7S. The van der Waals surface area contributed by atoms with Crippen LogP contribution in [0.2, 0.25) is 0 Å². The lowest BCUT2D eigenvalue weighted by Crippen LogP contribution is -2.42. The number of amides is 1. The van der Waals surface area contributed by atoms with Crippen molar-refractivity contribution >= 4 is 23.6 Å². The fourth-order valence-electron chi connectivity index (χ4n) is 5.49. The summed E-state index contributed by atoms with van der Waals surface area (Å²) in [5.41, 5.74) is 3.63. The molecule has 0 radical (unpaired) electrons. The van der Waals surface area contributed by atoms with Crippen molar-refractivity contribution in [2.45, 2.75) is 83.3 Å². The number of thioether (sulfide) groups is 1. The highest BCUT2D eigenvalue weighted by atomic mass is 32.2. The van der Waals surface area contributed by atoms with E-state index < -0.39 is 31.0 Å². The van der Waals surface area contributed by atoms with E-state index in [2.05, 4.69) is 5.32 Å². The monoisotopic (exact) mass is 601 g/mol. The van der Waals surface area contributed by atoms with E-state index in [1.807, 2.05) is 50.4 Å². The van der Waals surface area contributed by atoms with Gasteiger partial charge in [0.2, 0.25) is 0 Å². The van der Waals surface area contributed by atoms with Crippen molar-refractivity contribution in [2.24, 2.45) is 5.92 Å². The standard InChI is InChI=1S/C33H47NO7S/c1-22-10-8-9-13-27(22)29-19-25(14-15-28(29)31(37)34-30(16-17-42-4)32(38)39-3)33(40-21-26(36)20-35)41-23(2)18-24-11-6-5-7-12-24/h8-10,13-15,19,23-24,26,30,33,35-36H,5-7,11-12,16-18,20-21H2,1-4H3,(H,34,37)/t23?,26?,30-,33?/m0/s1. The molecule has 0 aromatic heterocycles. The SMILES string of the molecule is COC(=O)[C@H](CCSC)NC(=O)c1ccc(C(OCC(O)CO)OC(C)CC2CCCCC2)cc1-c1ccccc1C. The van der Waals surface area contributed by atoms with Crippen LogP contribution in [-0.4, -0.2) is 72.7 Å². The maximum atomic E-state index is 13.6. The van der Waals surface area contributed by atoms with Crippen LogP contribution in [0, 0.1) is 12.8 Å². The van der Waals surface area contributed by atoms with E-state index >= 15 is 0 Å². The second kappa shape index (κ2) is 17.6. The first-order valence-corrected chi connectivity index (χ1v) is 16.3. The quantitative estimate of drug-likeness (QED) is 0.172. The Labute approximate surface area is 254 Å². The molecule has 0 saturated heterocycles. The largest absolute Gasteiger partial charge is 0.467 e. The first kappa shape index (κ1) is 34.1. The van der Waals surface area contributed by atoms with Gasteiger partial charge in [-0.05, 0) is 73.4 Å². The van der Waals surface area contributed by atoms with Crippen LogP contribution in [0.4, 0.5) is 0 Å². The highest BCUT2D eigenvalue weighted by molar-refractivity contribution is 7.98. The van der Waals surface area contributed by atoms with Crippen molar-refractivity contribution in [2.75, 3.05) is 32.3 Å². The van der Waals surface area contributed by atoms with Gasteiger partial charge in [-0.3, -0.25) is 4.79 Å². The molecule has 3 rings (SSSR count).